The molecule has 2 N–H and O–H groups in total. The number of nitrogens with zero attached hydrogens (tertiary/aromatic N) is 1. The summed E-state index contributed by atoms with van der Waals surface area (Å²) in [4.78, 5) is 24.0. The van der Waals surface area contributed by atoms with Crippen LogP contribution in [0, 0.1) is 11.2 Å². The number of benzene rings is 2. The lowest BCUT2D eigenvalue weighted by atomic mass is 9.99. The predicted octanol–water partition coefficient (Wildman–Crippen LogP) is 3.73. The average molecular weight is 612 g/mol. The molecule has 0 aromatic heterocycles. The zero-order valence-electron chi connectivity index (χ0n) is 21.3. The summed E-state index contributed by atoms with van der Waals surface area (Å²) in [7, 11) is -10.5. The number of hydrogen-bond donors (Lipinski definition) is 2. The Morgan fingerprint density at radius 1 is 1.05 bits per heavy atom. The topological polar surface area (TPSA) is 148 Å². The first-order valence-corrected chi connectivity index (χ1v) is 14.4. The molecule has 0 unspecified atom stereocenters. The molecule has 1 aliphatic rings. The molecule has 2 aromatic rings. The van der Waals surface area contributed by atoms with Gasteiger partial charge in [-0.3, -0.25) is 14.4 Å². The van der Waals surface area contributed by atoms with Crippen molar-refractivity contribution in [3.63, 3.8) is 0 Å². The number of sulfonamides is 2. The van der Waals surface area contributed by atoms with E-state index < -0.39 is 62.4 Å². The van der Waals surface area contributed by atoms with Gasteiger partial charge in [-0.25, -0.2) is 22.3 Å². The number of amides is 2. The Morgan fingerprint density at radius 2 is 1.68 bits per heavy atom. The summed E-state index contributed by atoms with van der Waals surface area (Å²) in [5, 5.41) is 2.44. The summed E-state index contributed by atoms with van der Waals surface area (Å²) in [6.07, 6.45) is -3.23. The standard InChI is InChI=1S/C23H25F4N3O8S2/c1-22(2,3)13-37-21(32)28-15-6-9-19-18(10-15)30(39(33,34)17-7-4-14(24)5-8-17)12-16(38-19)11-20(31)29-40(35,36)23(25,26)27/h4-10,16H,11-13H2,1-3H3,(H,28,32)(H,29,31)/t16-/m0/s1. The highest BCUT2D eigenvalue weighted by Gasteiger charge is 2.47. The molecule has 220 valence electrons. The first-order valence-electron chi connectivity index (χ1n) is 11.4. The minimum absolute atomic E-state index is 0.0752. The van der Waals surface area contributed by atoms with Crippen LogP contribution < -0.4 is 19.1 Å². The Hall–Kier alpha value is -3.60. The van der Waals surface area contributed by atoms with Crippen LogP contribution in [0.4, 0.5) is 33.7 Å². The van der Waals surface area contributed by atoms with Gasteiger partial charge in [-0.2, -0.15) is 21.6 Å². The third-order valence-electron chi connectivity index (χ3n) is 5.14. The van der Waals surface area contributed by atoms with Gasteiger partial charge in [-0.15, -0.1) is 0 Å². The van der Waals surface area contributed by atoms with Crippen LogP contribution in [0.2, 0.25) is 0 Å². The van der Waals surface area contributed by atoms with Crippen molar-refractivity contribution in [1.29, 1.82) is 0 Å². The van der Waals surface area contributed by atoms with Gasteiger partial charge >= 0.3 is 21.6 Å². The number of halogens is 4. The SMILES string of the molecule is CC(C)(C)COC(=O)Nc1ccc2c(c1)N(S(=O)(=O)c1ccc(F)cc1)C[C@H](CC(=O)NS(=O)(=O)C(F)(F)F)O2. The minimum Gasteiger partial charge on any atom is -0.486 e. The molecule has 0 fully saturated rings. The second-order valence-corrected chi connectivity index (χ2v) is 13.4. The second-order valence-electron chi connectivity index (χ2n) is 9.85. The number of hydrogen-bond acceptors (Lipinski definition) is 8. The van der Waals surface area contributed by atoms with E-state index in [4.69, 9.17) is 9.47 Å². The fraction of sp³-hybridized carbons (Fsp3) is 0.391. The zero-order chi connectivity index (χ0) is 30.1. The average Bonchev–Trinajstić information content (AvgIpc) is 2.81. The van der Waals surface area contributed by atoms with E-state index in [2.05, 4.69) is 5.32 Å². The lowest BCUT2D eigenvalue weighted by Crippen LogP contribution is -2.47. The van der Waals surface area contributed by atoms with Crippen molar-refractivity contribution in [2.75, 3.05) is 22.8 Å². The number of anilines is 2. The summed E-state index contributed by atoms with van der Waals surface area (Å²) in [5.74, 6) is -2.46. The van der Waals surface area contributed by atoms with Crippen LogP contribution in [0.5, 0.6) is 5.75 Å². The molecule has 1 heterocycles. The van der Waals surface area contributed by atoms with E-state index in [1.54, 1.807) is 0 Å². The molecule has 17 heteroatoms. The van der Waals surface area contributed by atoms with Crippen molar-refractivity contribution in [1.82, 2.24) is 4.72 Å². The van der Waals surface area contributed by atoms with E-state index >= 15 is 0 Å². The van der Waals surface area contributed by atoms with Crippen LogP contribution in [0.3, 0.4) is 0 Å². The number of rotatable bonds is 7. The van der Waals surface area contributed by atoms with Crippen molar-refractivity contribution in [3.05, 3.63) is 48.3 Å². The molecule has 11 nitrogen and oxygen atoms in total. The van der Waals surface area contributed by atoms with E-state index in [0.29, 0.717) is 0 Å². The first-order chi connectivity index (χ1) is 18.3. The molecule has 0 radical (unpaired) electrons. The second kappa shape index (κ2) is 11.1. The Kier molecular flexibility index (Phi) is 8.59. The highest BCUT2D eigenvalue weighted by atomic mass is 32.2. The lowest BCUT2D eigenvalue weighted by molar-refractivity contribution is -0.121. The van der Waals surface area contributed by atoms with Gasteiger partial charge in [0.25, 0.3) is 10.0 Å². The van der Waals surface area contributed by atoms with Crippen molar-refractivity contribution < 1.29 is 53.5 Å². The van der Waals surface area contributed by atoms with Gasteiger partial charge in [0.05, 0.1) is 30.2 Å². The van der Waals surface area contributed by atoms with Gasteiger partial charge < -0.3 is 9.47 Å². The maximum Gasteiger partial charge on any atom is 0.516 e. The number of carbonyl (C=O) groups excluding carboxylic acids is 2. The van der Waals surface area contributed by atoms with Gasteiger partial charge in [0.2, 0.25) is 5.91 Å². The molecule has 2 aromatic carbocycles. The number of ether oxygens (including phenoxy) is 2. The van der Waals surface area contributed by atoms with E-state index in [-0.39, 0.29) is 34.0 Å². The zero-order valence-corrected chi connectivity index (χ0v) is 22.9. The van der Waals surface area contributed by atoms with E-state index in [9.17, 15) is 44.0 Å². The first kappa shape index (κ1) is 30.9. The van der Waals surface area contributed by atoms with E-state index in [1.165, 1.54) is 18.2 Å². The minimum atomic E-state index is -6.00. The Morgan fingerprint density at radius 3 is 2.25 bits per heavy atom. The summed E-state index contributed by atoms with van der Waals surface area (Å²) in [6, 6.07) is 7.51. The normalized spacial score (nSPS) is 16.0. The molecular weight excluding hydrogens is 586 g/mol. The molecule has 0 saturated heterocycles. The van der Waals surface area contributed by atoms with Crippen molar-refractivity contribution in [3.8, 4) is 5.75 Å². The fourth-order valence-electron chi connectivity index (χ4n) is 3.35. The molecule has 1 atom stereocenters. The Balaban J connectivity index is 1.93. The van der Waals surface area contributed by atoms with Crippen LogP contribution >= 0.6 is 0 Å². The van der Waals surface area contributed by atoms with Gasteiger partial charge in [-0.1, -0.05) is 20.8 Å². The van der Waals surface area contributed by atoms with E-state index in [0.717, 1.165) is 33.3 Å². The number of alkyl halides is 3. The maximum absolute atomic E-state index is 13.5. The quantitative estimate of drug-likeness (QED) is 0.450. The summed E-state index contributed by atoms with van der Waals surface area (Å²) >= 11 is 0. The molecule has 0 saturated carbocycles. The van der Waals surface area contributed by atoms with Gasteiger partial charge in [0.1, 0.15) is 17.7 Å². The van der Waals surface area contributed by atoms with Crippen molar-refractivity contribution >= 4 is 43.4 Å². The maximum atomic E-state index is 13.5. The number of carbonyl (C=O) groups is 2. The summed E-state index contributed by atoms with van der Waals surface area (Å²) < 4.78 is 113. The largest absolute Gasteiger partial charge is 0.516 e. The molecule has 1 aliphatic heterocycles. The molecule has 40 heavy (non-hydrogen) atoms. The third kappa shape index (κ3) is 7.53. The number of fused-ring (bicyclic) bond motifs is 1. The third-order valence-corrected chi connectivity index (χ3v) is 8.04. The van der Waals surface area contributed by atoms with Gasteiger partial charge in [0, 0.05) is 5.69 Å². The van der Waals surface area contributed by atoms with Crippen molar-refractivity contribution in [2.45, 2.75) is 43.7 Å². The van der Waals surface area contributed by atoms with E-state index in [1.807, 2.05) is 20.8 Å². The van der Waals surface area contributed by atoms with Crippen LogP contribution in [0.1, 0.15) is 27.2 Å². The monoisotopic (exact) mass is 611 g/mol. The highest BCUT2D eigenvalue weighted by molar-refractivity contribution is 7.92. The highest BCUT2D eigenvalue weighted by Crippen LogP contribution is 2.39. The van der Waals surface area contributed by atoms with Crippen LogP contribution in [-0.2, 0) is 29.6 Å². The molecule has 0 bridgehead atoms. The molecule has 0 aliphatic carbocycles. The van der Waals surface area contributed by atoms with Gasteiger partial charge in [0.15, 0.2) is 0 Å². The summed E-state index contributed by atoms with van der Waals surface area (Å²) in [6.45, 7) is 4.94. The van der Waals surface area contributed by atoms with Gasteiger partial charge in [-0.05, 0) is 47.9 Å². The number of nitrogens with one attached hydrogen (secondary N) is 2. The van der Waals surface area contributed by atoms with Crippen LogP contribution in [0.25, 0.3) is 0 Å². The predicted molar refractivity (Wildman–Crippen MR) is 134 cm³/mol. The lowest BCUT2D eigenvalue weighted by Gasteiger charge is -2.35. The molecule has 3 rings (SSSR count). The summed E-state index contributed by atoms with van der Waals surface area (Å²) in [5.41, 5.74) is -6.12. The van der Waals surface area contributed by atoms with Crippen LogP contribution in [0.15, 0.2) is 47.4 Å². The molecule has 0 spiro atoms. The Labute approximate surface area is 227 Å². The fourth-order valence-corrected chi connectivity index (χ4v) is 5.35. The molecule has 2 amide bonds. The molecular formula is C23H25F4N3O8S2. The smallest absolute Gasteiger partial charge is 0.486 e. The Bertz CT molecular complexity index is 1490. The van der Waals surface area contributed by atoms with Crippen molar-refractivity contribution in [2.24, 2.45) is 5.41 Å². The van der Waals surface area contributed by atoms with Crippen LogP contribution in [-0.4, -0.2) is 53.6 Å².